The van der Waals surface area contributed by atoms with Crippen LogP contribution in [0, 0.1) is 0 Å². The highest BCUT2D eigenvalue weighted by atomic mass is 16.5. The summed E-state index contributed by atoms with van der Waals surface area (Å²) in [7, 11) is 2.00. The first-order valence-electron chi connectivity index (χ1n) is 7.62. The summed E-state index contributed by atoms with van der Waals surface area (Å²) in [6.45, 7) is 0. The number of hydrogen-bond acceptors (Lipinski definition) is 3. The molecule has 0 saturated heterocycles. The molecular formula is C20H15NO3. The Kier molecular flexibility index (Phi) is 3.24. The van der Waals surface area contributed by atoms with Gasteiger partial charge in [-0.05, 0) is 42.5 Å². The van der Waals surface area contributed by atoms with Crippen molar-refractivity contribution in [1.82, 2.24) is 4.57 Å². The Balaban J connectivity index is 1.72. The molecule has 4 heteroatoms. The lowest BCUT2D eigenvalue weighted by molar-refractivity contribution is 0.0735. The van der Waals surface area contributed by atoms with Crippen LogP contribution in [0.4, 0.5) is 0 Å². The summed E-state index contributed by atoms with van der Waals surface area (Å²) in [4.78, 5) is 12.2. The molecule has 4 nitrogen and oxygen atoms in total. The highest BCUT2D eigenvalue weighted by molar-refractivity contribution is 6.08. The molecule has 0 fully saturated rings. The number of nitrogens with zero attached hydrogens (tertiary/aromatic N) is 1. The number of aromatic hydroxyl groups is 1. The van der Waals surface area contributed by atoms with Crippen LogP contribution in [-0.2, 0) is 7.05 Å². The van der Waals surface area contributed by atoms with E-state index in [1.54, 1.807) is 6.07 Å². The van der Waals surface area contributed by atoms with Gasteiger partial charge in [0.25, 0.3) is 0 Å². The van der Waals surface area contributed by atoms with Crippen molar-refractivity contribution < 1.29 is 14.6 Å². The average Bonchev–Trinajstić information content (AvgIpc) is 2.88. The zero-order valence-electron chi connectivity index (χ0n) is 13.1. The first-order chi connectivity index (χ1) is 11.6. The van der Waals surface area contributed by atoms with Gasteiger partial charge in [-0.2, -0.15) is 0 Å². The van der Waals surface area contributed by atoms with Crippen LogP contribution in [0.25, 0.3) is 21.8 Å². The van der Waals surface area contributed by atoms with E-state index < -0.39 is 5.97 Å². The first-order valence-corrected chi connectivity index (χ1v) is 7.62. The summed E-state index contributed by atoms with van der Waals surface area (Å²) in [5, 5.41) is 11.6. The van der Waals surface area contributed by atoms with E-state index in [4.69, 9.17) is 4.74 Å². The molecule has 4 rings (SSSR count). The van der Waals surface area contributed by atoms with Gasteiger partial charge in [-0.1, -0.05) is 18.2 Å². The molecule has 3 aromatic carbocycles. The van der Waals surface area contributed by atoms with Gasteiger partial charge in [0.15, 0.2) is 0 Å². The largest absolute Gasteiger partial charge is 0.508 e. The Labute approximate surface area is 138 Å². The Morgan fingerprint density at radius 2 is 1.62 bits per heavy atom. The minimum Gasteiger partial charge on any atom is -0.508 e. The van der Waals surface area contributed by atoms with Crippen LogP contribution in [0.3, 0.4) is 0 Å². The fourth-order valence-corrected chi connectivity index (χ4v) is 2.97. The molecule has 1 aromatic heterocycles. The number of aromatic nitrogens is 1. The second kappa shape index (κ2) is 5.42. The maximum absolute atomic E-state index is 12.2. The molecule has 0 amide bonds. The predicted octanol–water partition coefficient (Wildman–Crippen LogP) is 4.26. The minimum atomic E-state index is -0.451. The van der Waals surface area contributed by atoms with Crippen LogP contribution in [0.5, 0.6) is 11.5 Å². The molecule has 0 saturated carbocycles. The molecule has 1 heterocycles. The number of aryl methyl sites for hydroxylation is 1. The minimum absolute atomic E-state index is 0.114. The summed E-state index contributed by atoms with van der Waals surface area (Å²) in [5.41, 5.74) is 2.53. The van der Waals surface area contributed by atoms with Crippen molar-refractivity contribution in [3.63, 3.8) is 0 Å². The second-order valence-electron chi connectivity index (χ2n) is 5.69. The molecule has 0 radical (unpaired) electrons. The number of para-hydroxylation sites is 1. The van der Waals surface area contributed by atoms with E-state index in [1.807, 2.05) is 31.3 Å². The Bertz CT molecular complexity index is 1060. The Hall–Kier alpha value is -3.27. The molecular weight excluding hydrogens is 302 g/mol. The van der Waals surface area contributed by atoms with Crippen molar-refractivity contribution >= 4 is 27.8 Å². The quantitative estimate of drug-likeness (QED) is 0.444. The summed E-state index contributed by atoms with van der Waals surface area (Å²) >= 11 is 0. The molecule has 0 bridgehead atoms. The number of benzene rings is 3. The molecule has 118 valence electrons. The van der Waals surface area contributed by atoms with E-state index in [1.165, 1.54) is 29.7 Å². The van der Waals surface area contributed by atoms with E-state index in [-0.39, 0.29) is 5.75 Å². The van der Waals surface area contributed by atoms with Crippen LogP contribution in [0.15, 0.2) is 66.7 Å². The number of rotatable bonds is 2. The predicted molar refractivity (Wildman–Crippen MR) is 93.5 cm³/mol. The van der Waals surface area contributed by atoms with Crippen molar-refractivity contribution in [3.8, 4) is 11.5 Å². The third kappa shape index (κ3) is 2.29. The van der Waals surface area contributed by atoms with Crippen molar-refractivity contribution in [1.29, 1.82) is 0 Å². The second-order valence-corrected chi connectivity index (χ2v) is 5.69. The number of carbonyl (C=O) groups is 1. The van der Waals surface area contributed by atoms with Crippen molar-refractivity contribution in [2.75, 3.05) is 0 Å². The summed E-state index contributed by atoms with van der Waals surface area (Å²) < 4.78 is 7.55. The topological polar surface area (TPSA) is 51.5 Å². The highest BCUT2D eigenvalue weighted by Crippen LogP contribution is 2.30. The van der Waals surface area contributed by atoms with Gasteiger partial charge in [0.2, 0.25) is 0 Å². The number of ether oxygens (including phenoxy) is 1. The van der Waals surface area contributed by atoms with Gasteiger partial charge in [0, 0.05) is 29.4 Å². The summed E-state index contributed by atoms with van der Waals surface area (Å²) in [6, 6.07) is 19.8. The van der Waals surface area contributed by atoms with Crippen molar-refractivity contribution in [2.45, 2.75) is 0 Å². The summed E-state index contributed by atoms with van der Waals surface area (Å²) in [5.74, 6) is 0.156. The lowest BCUT2D eigenvalue weighted by Gasteiger charge is -2.05. The van der Waals surface area contributed by atoms with Gasteiger partial charge in [-0.15, -0.1) is 0 Å². The molecule has 0 aliphatic carbocycles. The van der Waals surface area contributed by atoms with E-state index in [2.05, 4.69) is 16.7 Å². The third-order valence-corrected chi connectivity index (χ3v) is 4.20. The molecule has 0 unspecified atom stereocenters. The van der Waals surface area contributed by atoms with Gasteiger partial charge in [0.1, 0.15) is 11.5 Å². The van der Waals surface area contributed by atoms with Crippen LogP contribution >= 0.6 is 0 Å². The van der Waals surface area contributed by atoms with E-state index >= 15 is 0 Å². The van der Waals surface area contributed by atoms with Gasteiger partial charge in [-0.25, -0.2) is 4.79 Å². The average molecular weight is 317 g/mol. The lowest BCUT2D eigenvalue weighted by Crippen LogP contribution is -2.08. The Morgan fingerprint density at radius 1 is 0.917 bits per heavy atom. The fraction of sp³-hybridized carbons (Fsp3) is 0.0500. The lowest BCUT2D eigenvalue weighted by atomic mass is 10.1. The van der Waals surface area contributed by atoms with Gasteiger partial charge in [0.05, 0.1) is 11.1 Å². The van der Waals surface area contributed by atoms with Crippen LogP contribution in [0.1, 0.15) is 10.4 Å². The van der Waals surface area contributed by atoms with Crippen molar-refractivity contribution in [2.24, 2.45) is 7.05 Å². The zero-order valence-corrected chi connectivity index (χ0v) is 13.1. The zero-order chi connectivity index (χ0) is 16.7. The van der Waals surface area contributed by atoms with E-state index in [0.717, 1.165) is 16.4 Å². The third-order valence-electron chi connectivity index (χ3n) is 4.20. The molecule has 1 N–H and O–H groups in total. The number of esters is 1. The van der Waals surface area contributed by atoms with Crippen LogP contribution < -0.4 is 4.74 Å². The highest BCUT2D eigenvalue weighted by Gasteiger charge is 2.12. The standard InChI is InChI=1S/C20H15NO3/c1-21-18-5-3-2-4-16(18)17-11-10-15(12-19(17)21)24-20(23)13-6-8-14(22)9-7-13/h2-12,22H,1H3. The number of fused-ring (bicyclic) bond motifs is 3. The number of hydrogen-bond donors (Lipinski definition) is 1. The maximum Gasteiger partial charge on any atom is 0.343 e. The molecule has 0 atom stereocenters. The normalized spacial score (nSPS) is 11.0. The van der Waals surface area contributed by atoms with Crippen LogP contribution in [-0.4, -0.2) is 15.6 Å². The SMILES string of the molecule is Cn1c2ccccc2c2ccc(OC(=O)c3ccc(O)cc3)cc21. The monoisotopic (exact) mass is 317 g/mol. The molecule has 24 heavy (non-hydrogen) atoms. The first kappa shape index (κ1) is 14.3. The molecule has 0 aliphatic rings. The molecule has 0 spiro atoms. The van der Waals surface area contributed by atoms with E-state index in [9.17, 15) is 9.90 Å². The number of phenolic OH excluding ortho intramolecular Hbond substituents is 1. The van der Waals surface area contributed by atoms with E-state index in [0.29, 0.717) is 11.3 Å². The van der Waals surface area contributed by atoms with Gasteiger partial charge < -0.3 is 14.4 Å². The van der Waals surface area contributed by atoms with Gasteiger partial charge in [-0.3, -0.25) is 0 Å². The summed E-state index contributed by atoms with van der Waals surface area (Å²) in [6.07, 6.45) is 0. The maximum atomic E-state index is 12.2. The van der Waals surface area contributed by atoms with Crippen molar-refractivity contribution in [3.05, 3.63) is 72.3 Å². The fourth-order valence-electron chi connectivity index (χ4n) is 2.97. The van der Waals surface area contributed by atoms with Gasteiger partial charge >= 0.3 is 5.97 Å². The Morgan fingerprint density at radius 3 is 2.42 bits per heavy atom. The number of phenols is 1. The molecule has 4 aromatic rings. The van der Waals surface area contributed by atoms with Crippen LogP contribution in [0.2, 0.25) is 0 Å². The smallest absolute Gasteiger partial charge is 0.343 e. The molecule has 0 aliphatic heterocycles. The number of carbonyl (C=O) groups excluding carboxylic acids is 1.